The van der Waals surface area contributed by atoms with E-state index >= 15 is 0 Å². The first-order chi connectivity index (χ1) is 8.55. The van der Waals surface area contributed by atoms with Crippen molar-refractivity contribution in [3.05, 3.63) is 22.4 Å². The molecule has 2 rings (SSSR count). The normalized spacial score (nSPS) is 27.8. The molecule has 18 heavy (non-hydrogen) atoms. The van der Waals surface area contributed by atoms with E-state index in [4.69, 9.17) is 4.74 Å². The predicted octanol–water partition coefficient (Wildman–Crippen LogP) is 2.57. The molecular weight excluding hydrogens is 246 g/mol. The summed E-state index contributed by atoms with van der Waals surface area (Å²) in [5, 5.41) is 17.5. The number of ether oxygens (including phenoxy) is 1. The summed E-state index contributed by atoms with van der Waals surface area (Å²) in [6.07, 6.45) is 0.980. The molecule has 1 aliphatic rings. The minimum Gasteiger partial charge on any atom is -0.387 e. The van der Waals surface area contributed by atoms with Crippen LogP contribution in [0.3, 0.4) is 0 Å². The molecule has 1 aromatic rings. The minimum atomic E-state index is -0.404. The number of rotatable bonds is 6. The molecule has 0 aliphatic heterocycles. The number of hydrogen-bond donors (Lipinski definition) is 2. The van der Waals surface area contributed by atoms with Gasteiger partial charge in [-0.05, 0) is 35.7 Å². The zero-order valence-electron chi connectivity index (χ0n) is 11.3. The van der Waals surface area contributed by atoms with E-state index in [-0.39, 0.29) is 5.41 Å². The summed E-state index contributed by atoms with van der Waals surface area (Å²) in [6.45, 7) is 7.89. The predicted molar refractivity (Wildman–Crippen MR) is 74.9 cm³/mol. The van der Waals surface area contributed by atoms with Crippen LogP contribution in [-0.2, 0) is 4.74 Å². The third kappa shape index (κ3) is 2.77. The van der Waals surface area contributed by atoms with Crippen molar-refractivity contribution in [3.8, 4) is 0 Å². The SMILES string of the molecule is CCOC1CC(NCC(O)c2ccsc2)C1(C)C. The fourth-order valence-corrected chi connectivity index (χ4v) is 3.26. The maximum absolute atomic E-state index is 10.0. The van der Waals surface area contributed by atoms with Crippen LogP contribution in [0.25, 0.3) is 0 Å². The molecule has 3 atom stereocenters. The Labute approximate surface area is 113 Å². The molecule has 102 valence electrons. The van der Waals surface area contributed by atoms with Crippen LogP contribution >= 0.6 is 11.3 Å². The van der Waals surface area contributed by atoms with Gasteiger partial charge in [0.25, 0.3) is 0 Å². The topological polar surface area (TPSA) is 41.5 Å². The summed E-state index contributed by atoms with van der Waals surface area (Å²) in [5.74, 6) is 0. The second-order valence-electron chi connectivity index (χ2n) is 5.53. The first-order valence-electron chi connectivity index (χ1n) is 6.60. The minimum absolute atomic E-state index is 0.157. The van der Waals surface area contributed by atoms with E-state index in [9.17, 15) is 5.11 Å². The van der Waals surface area contributed by atoms with Gasteiger partial charge in [-0.2, -0.15) is 11.3 Å². The number of aliphatic hydroxyl groups excluding tert-OH is 1. The lowest BCUT2D eigenvalue weighted by molar-refractivity contribution is -0.115. The van der Waals surface area contributed by atoms with Crippen LogP contribution in [0.15, 0.2) is 16.8 Å². The van der Waals surface area contributed by atoms with Crippen molar-refractivity contribution in [1.29, 1.82) is 0 Å². The molecule has 0 bridgehead atoms. The van der Waals surface area contributed by atoms with Gasteiger partial charge in [0.05, 0.1) is 12.2 Å². The summed E-state index contributed by atoms with van der Waals surface area (Å²) in [4.78, 5) is 0. The van der Waals surface area contributed by atoms with Crippen molar-refractivity contribution in [2.45, 2.75) is 45.4 Å². The molecule has 2 N–H and O–H groups in total. The van der Waals surface area contributed by atoms with Gasteiger partial charge in [0.15, 0.2) is 0 Å². The molecule has 1 aromatic heterocycles. The van der Waals surface area contributed by atoms with Crippen molar-refractivity contribution in [2.75, 3.05) is 13.2 Å². The standard InChI is InChI=1S/C14H23NO2S/c1-4-17-13-7-12(14(13,2)3)15-8-11(16)10-5-6-18-9-10/h5-6,9,11-13,15-16H,4,7-8H2,1-3H3. The largest absolute Gasteiger partial charge is 0.387 e. The molecule has 1 fully saturated rings. The first kappa shape index (κ1) is 14.0. The van der Waals surface area contributed by atoms with E-state index in [0.717, 1.165) is 18.6 Å². The Morgan fingerprint density at radius 1 is 1.61 bits per heavy atom. The fourth-order valence-electron chi connectivity index (χ4n) is 2.55. The van der Waals surface area contributed by atoms with Crippen LogP contribution in [0.5, 0.6) is 0 Å². The molecule has 1 saturated carbocycles. The molecule has 0 amide bonds. The Hall–Kier alpha value is -0.420. The highest BCUT2D eigenvalue weighted by Gasteiger charge is 2.48. The summed E-state index contributed by atoms with van der Waals surface area (Å²) < 4.78 is 5.70. The number of thiophene rings is 1. The van der Waals surface area contributed by atoms with Gasteiger partial charge in [-0.15, -0.1) is 0 Å². The summed E-state index contributed by atoms with van der Waals surface area (Å²) >= 11 is 1.62. The Bertz CT molecular complexity index is 364. The molecule has 0 saturated heterocycles. The summed E-state index contributed by atoms with van der Waals surface area (Å²) in [5.41, 5.74) is 1.16. The zero-order valence-corrected chi connectivity index (χ0v) is 12.2. The van der Waals surface area contributed by atoms with Gasteiger partial charge in [-0.25, -0.2) is 0 Å². The summed E-state index contributed by atoms with van der Waals surface area (Å²) in [7, 11) is 0. The van der Waals surface area contributed by atoms with E-state index < -0.39 is 6.10 Å². The lowest BCUT2D eigenvalue weighted by atomic mass is 9.64. The Morgan fingerprint density at radius 2 is 2.39 bits per heavy atom. The number of hydrogen-bond acceptors (Lipinski definition) is 4. The van der Waals surface area contributed by atoms with Crippen LogP contribution in [0.2, 0.25) is 0 Å². The second-order valence-corrected chi connectivity index (χ2v) is 6.31. The van der Waals surface area contributed by atoms with Crippen molar-refractivity contribution < 1.29 is 9.84 Å². The van der Waals surface area contributed by atoms with E-state index in [2.05, 4.69) is 19.2 Å². The summed E-state index contributed by atoms with van der Waals surface area (Å²) in [6, 6.07) is 2.41. The monoisotopic (exact) mass is 269 g/mol. The van der Waals surface area contributed by atoms with Gasteiger partial charge >= 0.3 is 0 Å². The van der Waals surface area contributed by atoms with Crippen molar-refractivity contribution in [2.24, 2.45) is 5.41 Å². The molecule has 0 spiro atoms. The fraction of sp³-hybridized carbons (Fsp3) is 0.714. The lowest BCUT2D eigenvalue weighted by Gasteiger charge is -2.52. The van der Waals surface area contributed by atoms with Gasteiger partial charge in [-0.1, -0.05) is 13.8 Å². The van der Waals surface area contributed by atoms with E-state index in [1.54, 1.807) is 11.3 Å². The molecule has 3 nitrogen and oxygen atoms in total. The molecule has 4 heteroatoms. The highest BCUT2D eigenvalue weighted by Crippen LogP contribution is 2.42. The van der Waals surface area contributed by atoms with Crippen LogP contribution in [-0.4, -0.2) is 30.4 Å². The molecule has 3 unspecified atom stereocenters. The molecule has 1 aliphatic carbocycles. The smallest absolute Gasteiger partial charge is 0.0922 e. The second kappa shape index (κ2) is 5.70. The Kier molecular flexibility index (Phi) is 4.43. The van der Waals surface area contributed by atoms with Crippen LogP contribution in [0, 0.1) is 5.41 Å². The zero-order chi connectivity index (χ0) is 13.2. The third-order valence-corrected chi connectivity index (χ3v) is 4.73. The maximum Gasteiger partial charge on any atom is 0.0922 e. The van der Waals surface area contributed by atoms with Gasteiger partial charge < -0.3 is 15.2 Å². The quantitative estimate of drug-likeness (QED) is 0.834. The molecule has 0 aromatic carbocycles. The molecule has 1 heterocycles. The first-order valence-corrected chi connectivity index (χ1v) is 7.55. The maximum atomic E-state index is 10.0. The average Bonchev–Trinajstić information content (AvgIpc) is 2.86. The van der Waals surface area contributed by atoms with Gasteiger partial charge in [0, 0.05) is 24.6 Å². The van der Waals surface area contributed by atoms with Gasteiger partial charge in [0.2, 0.25) is 0 Å². The van der Waals surface area contributed by atoms with Crippen molar-refractivity contribution >= 4 is 11.3 Å². The number of nitrogens with one attached hydrogen (secondary N) is 1. The highest BCUT2D eigenvalue weighted by atomic mass is 32.1. The molecule has 0 radical (unpaired) electrons. The van der Waals surface area contributed by atoms with Crippen molar-refractivity contribution in [3.63, 3.8) is 0 Å². The van der Waals surface area contributed by atoms with Crippen LogP contribution < -0.4 is 5.32 Å². The van der Waals surface area contributed by atoms with Crippen LogP contribution in [0.1, 0.15) is 38.9 Å². The highest BCUT2D eigenvalue weighted by molar-refractivity contribution is 7.07. The van der Waals surface area contributed by atoms with Crippen molar-refractivity contribution in [1.82, 2.24) is 5.32 Å². The lowest BCUT2D eigenvalue weighted by Crippen LogP contribution is -2.61. The van der Waals surface area contributed by atoms with Gasteiger partial charge in [0.1, 0.15) is 0 Å². The van der Waals surface area contributed by atoms with Gasteiger partial charge in [-0.3, -0.25) is 0 Å². The van der Waals surface area contributed by atoms with Crippen LogP contribution in [0.4, 0.5) is 0 Å². The Morgan fingerprint density at radius 3 is 2.94 bits per heavy atom. The van der Waals surface area contributed by atoms with E-state index in [0.29, 0.717) is 18.7 Å². The Balaban J connectivity index is 1.78. The number of aliphatic hydroxyl groups is 1. The molecular formula is C14H23NO2S. The third-order valence-electron chi connectivity index (χ3n) is 4.03. The van der Waals surface area contributed by atoms with E-state index in [1.807, 2.05) is 23.8 Å². The van der Waals surface area contributed by atoms with E-state index in [1.165, 1.54) is 0 Å². The average molecular weight is 269 g/mol.